The molecule has 1 N–H and O–H groups in total. The Morgan fingerprint density at radius 1 is 1.44 bits per heavy atom. The number of aryl methyl sites for hydroxylation is 1. The van der Waals surface area contributed by atoms with Crippen molar-refractivity contribution in [1.29, 1.82) is 0 Å². The summed E-state index contributed by atoms with van der Waals surface area (Å²) in [4.78, 5) is 0. The molecule has 2 aromatic rings. The highest BCUT2D eigenvalue weighted by Crippen LogP contribution is 2.21. The minimum absolute atomic E-state index is 0.639. The number of hydrogen-bond donors (Lipinski definition) is 1. The monoisotopic (exact) mass is 241 g/mol. The lowest BCUT2D eigenvalue weighted by atomic mass is 9.93. The molecule has 0 aliphatic heterocycles. The van der Waals surface area contributed by atoms with Crippen LogP contribution in [-0.4, -0.2) is 15.8 Å². The summed E-state index contributed by atoms with van der Waals surface area (Å²) in [5.74, 6) is 0. The average Bonchev–Trinajstić information content (AvgIpc) is 2.62. The van der Waals surface area contributed by atoms with Gasteiger partial charge in [-0.25, -0.2) is 0 Å². The van der Waals surface area contributed by atoms with Gasteiger partial charge in [0.15, 0.2) is 0 Å². The second kappa shape index (κ2) is 4.48. The van der Waals surface area contributed by atoms with Crippen LogP contribution in [0.4, 0.5) is 0 Å². The Labute approximate surface area is 107 Å². The summed E-state index contributed by atoms with van der Waals surface area (Å²) in [6.07, 6.45) is 3.89. The molecule has 1 saturated carbocycles. The first-order valence-corrected chi connectivity index (χ1v) is 6.60. The van der Waals surface area contributed by atoms with Crippen LogP contribution in [0.3, 0.4) is 0 Å². The van der Waals surface area contributed by atoms with Gasteiger partial charge in [0.2, 0.25) is 0 Å². The van der Waals surface area contributed by atoms with E-state index in [0.717, 1.165) is 17.9 Å². The molecule has 0 amide bonds. The van der Waals surface area contributed by atoms with Gasteiger partial charge in [-0.15, -0.1) is 0 Å². The molecule has 1 aliphatic rings. The minimum Gasteiger partial charge on any atom is -0.385 e. The van der Waals surface area contributed by atoms with Gasteiger partial charge in [-0.1, -0.05) is 24.8 Å². The molecule has 1 aromatic carbocycles. The number of nitrogens with zero attached hydrogens (tertiary/aromatic N) is 2. The standard InChI is InChI=1S/C15H19N3/c1-11(16-13-6-5-7-13)10-18-15-9-4-3-8-14(15)12(2)17-18/h3-4,8-9,13,16H,1,5-7,10H2,2H3. The lowest BCUT2D eigenvalue weighted by Crippen LogP contribution is -2.35. The highest BCUT2D eigenvalue weighted by atomic mass is 15.3. The predicted molar refractivity (Wildman–Crippen MR) is 74.4 cm³/mol. The van der Waals surface area contributed by atoms with Crippen LogP contribution in [0.2, 0.25) is 0 Å². The molecule has 1 aliphatic carbocycles. The smallest absolute Gasteiger partial charge is 0.0807 e. The molecule has 0 radical (unpaired) electrons. The molecule has 0 unspecified atom stereocenters. The lowest BCUT2D eigenvalue weighted by Gasteiger charge is -2.28. The fourth-order valence-electron chi connectivity index (χ4n) is 2.48. The molecular weight excluding hydrogens is 222 g/mol. The summed E-state index contributed by atoms with van der Waals surface area (Å²) in [7, 11) is 0. The number of rotatable bonds is 4. The van der Waals surface area contributed by atoms with E-state index in [4.69, 9.17) is 0 Å². The highest BCUT2D eigenvalue weighted by Gasteiger charge is 2.17. The van der Waals surface area contributed by atoms with Crippen LogP contribution in [0.25, 0.3) is 10.9 Å². The molecule has 0 spiro atoms. The van der Waals surface area contributed by atoms with Crippen LogP contribution < -0.4 is 5.32 Å². The van der Waals surface area contributed by atoms with E-state index in [0.29, 0.717) is 6.04 Å². The van der Waals surface area contributed by atoms with Crippen molar-refractivity contribution in [3.63, 3.8) is 0 Å². The highest BCUT2D eigenvalue weighted by molar-refractivity contribution is 5.81. The van der Waals surface area contributed by atoms with Gasteiger partial charge in [-0.2, -0.15) is 5.10 Å². The fraction of sp³-hybridized carbons (Fsp3) is 0.400. The van der Waals surface area contributed by atoms with Crippen molar-refractivity contribution < 1.29 is 0 Å². The summed E-state index contributed by atoms with van der Waals surface area (Å²) in [6.45, 7) is 6.93. The number of fused-ring (bicyclic) bond motifs is 1. The molecule has 3 nitrogen and oxygen atoms in total. The minimum atomic E-state index is 0.639. The molecule has 3 rings (SSSR count). The van der Waals surface area contributed by atoms with Crippen LogP contribution in [0.1, 0.15) is 25.0 Å². The summed E-state index contributed by atoms with van der Waals surface area (Å²) in [5.41, 5.74) is 3.33. The normalized spacial score (nSPS) is 15.6. The van der Waals surface area contributed by atoms with Gasteiger partial charge in [0.05, 0.1) is 17.8 Å². The Morgan fingerprint density at radius 2 is 2.22 bits per heavy atom. The SMILES string of the molecule is C=C(Cn1nc(C)c2ccccc21)NC1CCC1. The quantitative estimate of drug-likeness (QED) is 0.891. The van der Waals surface area contributed by atoms with Crippen LogP contribution in [-0.2, 0) is 6.54 Å². The second-order valence-electron chi connectivity index (χ2n) is 5.14. The van der Waals surface area contributed by atoms with Gasteiger partial charge in [0, 0.05) is 17.1 Å². The topological polar surface area (TPSA) is 29.9 Å². The van der Waals surface area contributed by atoms with E-state index in [1.54, 1.807) is 0 Å². The molecule has 18 heavy (non-hydrogen) atoms. The van der Waals surface area contributed by atoms with Gasteiger partial charge in [0.25, 0.3) is 0 Å². The fourth-order valence-corrected chi connectivity index (χ4v) is 2.48. The van der Waals surface area contributed by atoms with Crippen LogP contribution in [0.5, 0.6) is 0 Å². The first-order chi connectivity index (χ1) is 8.74. The maximum atomic E-state index is 4.60. The number of para-hydroxylation sites is 1. The van der Waals surface area contributed by atoms with E-state index in [9.17, 15) is 0 Å². The van der Waals surface area contributed by atoms with E-state index < -0.39 is 0 Å². The van der Waals surface area contributed by atoms with Crippen molar-refractivity contribution in [3.8, 4) is 0 Å². The van der Waals surface area contributed by atoms with Gasteiger partial charge in [-0.05, 0) is 32.3 Å². The summed E-state index contributed by atoms with van der Waals surface area (Å²) < 4.78 is 2.04. The molecule has 3 heteroatoms. The van der Waals surface area contributed by atoms with Crippen molar-refractivity contribution in [2.24, 2.45) is 0 Å². The van der Waals surface area contributed by atoms with Gasteiger partial charge < -0.3 is 5.32 Å². The maximum absolute atomic E-state index is 4.60. The molecule has 0 atom stereocenters. The molecule has 1 heterocycles. The number of nitrogens with one attached hydrogen (secondary N) is 1. The lowest BCUT2D eigenvalue weighted by molar-refractivity contribution is 0.357. The Kier molecular flexibility index (Phi) is 2.82. The van der Waals surface area contributed by atoms with Gasteiger partial charge >= 0.3 is 0 Å². The Balaban J connectivity index is 1.79. The largest absolute Gasteiger partial charge is 0.385 e. The van der Waals surface area contributed by atoms with Crippen LogP contribution >= 0.6 is 0 Å². The second-order valence-corrected chi connectivity index (χ2v) is 5.14. The third kappa shape index (κ3) is 2.01. The molecule has 0 bridgehead atoms. The van der Waals surface area contributed by atoms with Crippen molar-refractivity contribution in [1.82, 2.24) is 15.1 Å². The molecule has 0 saturated heterocycles. The van der Waals surface area contributed by atoms with Crippen LogP contribution in [0.15, 0.2) is 36.5 Å². The predicted octanol–water partition coefficient (Wildman–Crippen LogP) is 3.00. The molecule has 1 fully saturated rings. The van der Waals surface area contributed by atoms with E-state index in [1.807, 2.05) is 4.68 Å². The van der Waals surface area contributed by atoms with Gasteiger partial charge in [-0.3, -0.25) is 4.68 Å². The van der Waals surface area contributed by atoms with E-state index >= 15 is 0 Å². The summed E-state index contributed by atoms with van der Waals surface area (Å²) in [6, 6.07) is 8.99. The molecule has 94 valence electrons. The number of aromatic nitrogens is 2. The Morgan fingerprint density at radius 3 is 2.94 bits per heavy atom. The Hall–Kier alpha value is -1.77. The zero-order valence-corrected chi connectivity index (χ0v) is 10.8. The first kappa shape index (κ1) is 11.3. The van der Waals surface area contributed by atoms with Crippen molar-refractivity contribution >= 4 is 10.9 Å². The van der Waals surface area contributed by atoms with Gasteiger partial charge in [0.1, 0.15) is 0 Å². The third-order valence-corrected chi connectivity index (χ3v) is 3.70. The van der Waals surface area contributed by atoms with E-state index in [1.165, 1.54) is 30.2 Å². The summed E-state index contributed by atoms with van der Waals surface area (Å²) in [5, 5.41) is 9.31. The van der Waals surface area contributed by atoms with E-state index in [-0.39, 0.29) is 0 Å². The third-order valence-electron chi connectivity index (χ3n) is 3.70. The van der Waals surface area contributed by atoms with Crippen LogP contribution in [0, 0.1) is 6.92 Å². The van der Waals surface area contributed by atoms with Crippen molar-refractivity contribution in [2.45, 2.75) is 38.8 Å². The maximum Gasteiger partial charge on any atom is 0.0807 e. The number of allylic oxidation sites excluding steroid dienone is 1. The number of benzene rings is 1. The number of hydrogen-bond acceptors (Lipinski definition) is 2. The average molecular weight is 241 g/mol. The summed E-state index contributed by atoms with van der Waals surface area (Å²) >= 11 is 0. The molecular formula is C15H19N3. The Bertz CT molecular complexity index is 578. The first-order valence-electron chi connectivity index (χ1n) is 6.60. The van der Waals surface area contributed by atoms with Crippen molar-refractivity contribution in [3.05, 3.63) is 42.2 Å². The zero-order chi connectivity index (χ0) is 12.5. The van der Waals surface area contributed by atoms with Crippen molar-refractivity contribution in [2.75, 3.05) is 0 Å². The van der Waals surface area contributed by atoms with E-state index in [2.05, 4.69) is 48.2 Å². The molecule has 1 aromatic heterocycles. The zero-order valence-electron chi connectivity index (χ0n) is 10.8.